The Morgan fingerprint density at radius 1 is 1.23 bits per heavy atom. The third kappa shape index (κ3) is 5.43. The summed E-state index contributed by atoms with van der Waals surface area (Å²) >= 11 is 0. The van der Waals surface area contributed by atoms with Crippen molar-refractivity contribution in [3.05, 3.63) is 0 Å². The highest BCUT2D eigenvalue weighted by molar-refractivity contribution is 5.80. The SMILES string of the molecule is CN=C(NCC(C)CN1CCOCC1)N1CC(C)CC(C)C1. The van der Waals surface area contributed by atoms with Gasteiger partial charge in [-0.15, -0.1) is 0 Å². The molecule has 0 aromatic rings. The van der Waals surface area contributed by atoms with Gasteiger partial charge in [0.2, 0.25) is 0 Å². The Hall–Kier alpha value is -0.810. The van der Waals surface area contributed by atoms with Gasteiger partial charge in [-0.3, -0.25) is 9.89 Å². The number of guanidine groups is 1. The molecule has 0 aromatic carbocycles. The van der Waals surface area contributed by atoms with E-state index in [2.05, 4.69) is 40.9 Å². The van der Waals surface area contributed by atoms with Crippen LogP contribution in [0.4, 0.5) is 0 Å². The zero-order valence-electron chi connectivity index (χ0n) is 14.8. The molecule has 0 spiro atoms. The monoisotopic (exact) mass is 310 g/mol. The molecule has 5 nitrogen and oxygen atoms in total. The lowest BCUT2D eigenvalue weighted by Gasteiger charge is -2.37. The number of piperidine rings is 1. The predicted molar refractivity (Wildman–Crippen MR) is 92.3 cm³/mol. The Bertz CT molecular complexity index is 345. The fourth-order valence-corrected chi connectivity index (χ4v) is 3.72. The molecule has 2 aliphatic heterocycles. The first-order chi connectivity index (χ1) is 10.6. The van der Waals surface area contributed by atoms with Crippen LogP contribution >= 0.6 is 0 Å². The van der Waals surface area contributed by atoms with Gasteiger partial charge in [0.1, 0.15) is 0 Å². The molecule has 22 heavy (non-hydrogen) atoms. The first-order valence-electron chi connectivity index (χ1n) is 8.84. The van der Waals surface area contributed by atoms with Gasteiger partial charge < -0.3 is 15.0 Å². The maximum Gasteiger partial charge on any atom is 0.193 e. The van der Waals surface area contributed by atoms with E-state index in [0.717, 1.165) is 70.3 Å². The van der Waals surface area contributed by atoms with Crippen LogP contribution in [-0.2, 0) is 4.74 Å². The van der Waals surface area contributed by atoms with Crippen LogP contribution in [-0.4, -0.2) is 75.3 Å². The fraction of sp³-hybridized carbons (Fsp3) is 0.941. The minimum atomic E-state index is 0.620. The van der Waals surface area contributed by atoms with Crippen molar-refractivity contribution >= 4 is 5.96 Å². The van der Waals surface area contributed by atoms with Crippen LogP contribution in [0.5, 0.6) is 0 Å². The van der Waals surface area contributed by atoms with Gasteiger partial charge in [0.05, 0.1) is 13.2 Å². The first kappa shape index (κ1) is 17.5. The molecule has 0 saturated carbocycles. The number of ether oxygens (including phenoxy) is 1. The van der Waals surface area contributed by atoms with Gasteiger partial charge in [-0.25, -0.2) is 0 Å². The second-order valence-corrected chi connectivity index (χ2v) is 7.30. The van der Waals surface area contributed by atoms with Crippen LogP contribution in [0.2, 0.25) is 0 Å². The van der Waals surface area contributed by atoms with Gasteiger partial charge in [0.25, 0.3) is 0 Å². The lowest BCUT2D eigenvalue weighted by atomic mass is 9.92. The van der Waals surface area contributed by atoms with E-state index in [9.17, 15) is 0 Å². The van der Waals surface area contributed by atoms with Crippen molar-refractivity contribution in [3.8, 4) is 0 Å². The summed E-state index contributed by atoms with van der Waals surface area (Å²) in [6.45, 7) is 15.3. The van der Waals surface area contributed by atoms with Crippen molar-refractivity contribution in [3.63, 3.8) is 0 Å². The molecule has 3 unspecified atom stereocenters. The van der Waals surface area contributed by atoms with E-state index < -0.39 is 0 Å². The molecule has 0 bridgehead atoms. The number of aliphatic imine (C=N–C) groups is 1. The molecule has 0 radical (unpaired) electrons. The molecule has 5 heteroatoms. The predicted octanol–water partition coefficient (Wildman–Crippen LogP) is 1.51. The van der Waals surface area contributed by atoms with Crippen molar-refractivity contribution in [2.45, 2.75) is 27.2 Å². The molecule has 128 valence electrons. The smallest absolute Gasteiger partial charge is 0.193 e. The fourth-order valence-electron chi connectivity index (χ4n) is 3.72. The number of nitrogens with zero attached hydrogens (tertiary/aromatic N) is 3. The van der Waals surface area contributed by atoms with Gasteiger partial charge >= 0.3 is 0 Å². The summed E-state index contributed by atoms with van der Waals surface area (Å²) in [6.07, 6.45) is 1.33. The normalized spacial score (nSPS) is 29.5. The van der Waals surface area contributed by atoms with Gasteiger partial charge in [0, 0.05) is 46.3 Å². The van der Waals surface area contributed by atoms with Crippen LogP contribution in [0.1, 0.15) is 27.2 Å². The highest BCUT2D eigenvalue weighted by atomic mass is 16.5. The average Bonchev–Trinajstić information content (AvgIpc) is 2.48. The standard InChI is InChI=1S/C17H34N4O/c1-14-9-15(2)13-21(12-14)17(18-4)19-10-16(3)11-20-5-7-22-8-6-20/h14-16H,5-13H2,1-4H3,(H,18,19). The zero-order valence-corrected chi connectivity index (χ0v) is 14.8. The van der Waals surface area contributed by atoms with Gasteiger partial charge in [-0.2, -0.15) is 0 Å². The van der Waals surface area contributed by atoms with E-state index in [1.165, 1.54) is 6.42 Å². The minimum Gasteiger partial charge on any atom is -0.379 e. The Morgan fingerprint density at radius 3 is 2.45 bits per heavy atom. The molecular weight excluding hydrogens is 276 g/mol. The number of hydrogen-bond donors (Lipinski definition) is 1. The van der Waals surface area contributed by atoms with Crippen molar-refractivity contribution in [2.24, 2.45) is 22.7 Å². The van der Waals surface area contributed by atoms with E-state index in [0.29, 0.717) is 5.92 Å². The number of hydrogen-bond acceptors (Lipinski definition) is 3. The molecule has 2 aliphatic rings. The second kappa shape index (κ2) is 8.73. The van der Waals surface area contributed by atoms with Crippen LogP contribution < -0.4 is 5.32 Å². The lowest BCUT2D eigenvalue weighted by Crippen LogP contribution is -2.50. The maximum absolute atomic E-state index is 5.41. The Morgan fingerprint density at radius 2 is 1.86 bits per heavy atom. The molecule has 2 heterocycles. The third-order valence-corrected chi connectivity index (χ3v) is 4.66. The Balaban J connectivity index is 1.75. The van der Waals surface area contributed by atoms with Crippen molar-refractivity contribution in [2.75, 3.05) is 59.5 Å². The van der Waals surface area contributed by atoms with Crippen LogP contribution in [0, 0.1) is 17.8 Å². The number of likely N-dealkylation sites (tertiary alicyclic amines) is 1. The van der Waals surface area contributed by atoms with Gasteiger partial charge in [-0.1, -0.05) is 20.8 Å². The van der Waals surface area contributed by atoms with Crippen molar-refractivity contribution in [1.82, 2.24) is 15.1 Å². The number of morpholine rings is 1. The van der Waals surface area contributed by atoms with Gasteiger partial charge in [0.15, 0.2) is 5.96 Å². The topological polar surface area (TPSA) is 40.1 Å². The highest BCUT2D eigenvalue weighted by Crippen LogP contribution is 2.20. The zero-order chi connectivity index (χ0) is 15.9. The summed E-state index contributed by atoms with van der Waals surface area (Å²) in [7, 11) is 1.90. The second-order valence-electron chi connectivity index (χ2n) is 7.30. The van der Waals surface area contributed by atoms with Crippen LogP contribution in [0.25, 0.3) is 0 Å². The van der Waals surface area contributed by atoms with Crippen LogP contribution in [0.15, 0.2) is 4.99 Å². The summed E-state index contributed by atoms with van der Waals surface area (Å²) in [5.41, 5.74) is 0. The van der Waals surface area contributed by atoms with Crippen molar-refractivity contribution in [1.29, 1.82) is 0 Å². The summed E-state index contributed by atoms with van der Waals surface area (Å²) in [5, 5.41) is 3.59. The molecule has 2 rings (SSSR count). The number of nitrogens with one attached hydrogen (secondary N) is 1. The molecule has 0 amide bonds. The molecule has 0 aliphatic carbocycles. The average molecular weight is 310 g/mol. The molecule has 2 saturated heterocycles. The Labute approximate surface area is 136 Å². The maximum atomic E-state index is 5.41. The molecule has 3 atom stereocenters. The van der Waals surface area contributed by atoms with Crippen LogP contribution in [0.3, 0.4) is 0 Å². The molecular formula is C17H34N4O. The lowest BCUT2D eigenvalue weighted by molar-refractivity contribution is 0.0320. The van der Waals surface area contributed by atoms with E-state index in [-0.39, 0.29) is 0 Å². The summed E-state index contributed by atoms with van der Waals surface area (Å²) in [6, 6.07) is 0. The molecule has 0 aromatic heterocycles. The third-order valence-electron chi connectivity index (χ3n) is 4.66. The van der Waals surface area contributed by atoms with Crippen molar-refractivity contribution < 1.29 is 4.74 Å². The summed E-state index contributed by atoms with van der Waals surface area (Å²) < 4.78 is 5.41. The quantitative estimate of drug-likeness (QED) is 0.631. The molecule has 1 N–H and O–H groups in total. The van der Waals surface area contributed by atoms with E-state index >= 15 is 0 Å². The summed E-state index contributed by atoms with van der Waals surface area (Å²) in [5.74, 6) is 3.21. The Kier molecular flexibility index (Phi) is 6.96. The van der Waals surface area contributed by atoms with E-state index in [1.807, 2.05) is 7.05 Å². The molecule has 2 fully saturated rings. The van der Waals surface area contributed by atoms with Gasteiger partial charge in [-0.05, 0) is 24.2 Å². The van der Waals surface area contributed by atoms with E-state index in [1.54, 1.807) is 0 Å². The summed E-state index contributed by atoms with van der Waals surface area (Å²) in [4.78, 5) is 9.43. The van der Waals surface area contributed by atoms with E-state index in [4.69, 9.17) is 4.74 Å². The number of rotatable bonds is 4. The largest absolute Gasteiger partial charge is 0.379 e. The highest BCUT2D eigenvalue weighted by Gasteiger charge is 2.24. The minimum absolute atomic E-state index is 0.620. The first-order valence-corrected chi connectivity index (χ1v) is 8.84.